The maximum absolute atomic E-state index is 11.0. The van der Waals surface area contributed by atoms with Crippen molar-refractivity contribution in [3.05, 3.63) is 48.6 Å². The van der Waals surface area contributed by atoms with Gasteiger partial charge in [0.2, 0.25) is 5.79 Å². The molecule has 0 amide bonds. The fraction of sp³-hybridized carbons (Fsp3) is 0.742. The van der Waals surface area contributed by atoms with Gasteiger partial charge in [-0.15, -0.1) is 6.58 Å². The van der Waals surface area contributed by atoms with E-state index in [0.717, 1.165) is 25.7 Å². The van der Waals surface area contributed by atoms with Gasteiger partial charge in [0.25, 0.3) is 0 Å². The lowest BCUT2D eigenvalue weighted by atomic mass is 9.95. The van der Waals surface area contributed by atoms with Crippen LogP contribution >= 0.6 is 0 Å². The van der Waals surface area contributed by atoms with Gasteiger partial charge in [-0.25, -0.2) is 0 Å². The topological polar surface area (TPSA) is 49.7 Å². The van der Waals surface area contributed by atoms with E-state index in [0.29, 0.717) is 24.5 Å². The predicted octanol–water partition coefficient (Wildman–Crippen LogP) is 8.68. The largest absolute Gasteiger partial charge is 0.372 e. The Balaban J connectivity index is 2.42. The molecule has 2 unspecified atom stereocenters. The van der Waals surface area contributed by atoms with Gasteiger partial charge in [0.1, 0.15) is 6.10 Å². The van der Waals surface area contributed by atoms with Crippen molar-refractivity contribution in [1.82, 2.24) is 0 Å². The lowest BCUT2D eigenvalue weighted by Crippen LogP contribution is -2.42. The van der Waals surface area contributed by atoms with Gasteiger partial charge in [-0.3, -0.25) is 0 Å². The van der Waals surface area contributed by atoms with Crippen LogP contribution in [-0.4, -0.2) is 22.9 Å². The van der Waals surface area contributed by atoms with Gasteiger partial charge in [0.15, 0.2) is 0 Å². The molecule has 196 valence electrons. The second kappa shape index (κ2) is 20.1. The van der Waals surface area contributed by atoms with Crippen molar-refractivity contribution in [3.8, 4) is 0 Å². The molecule has 0 fully saturated rings. The van der Waals surface area contributed by atoms with Crippen LogP contribution in [0.1, 0.15) is 129 Å². The number of allylic oxidation sites excluding steroid dienone is 1. The van der Waals surface area contributed by atoms with E-state index < -0.39 is 11.9 Å². The molecule has 1 rings (SSSR count). The molecule has 3 heteroatoms. The molecule has 0 heterocycles. The zero-order valence-electron chi connectivity index (χ0n) is 22.4. The van der Waals surface area contributed by atoms with Crippen LogP contribution in [0.2, 0.25) is 0 Å². The van der Waals surface area contributed by atoms with Crippen molar-refractivity contribution in [2.75, 3.05) is 6.61 Å². The van der Waals surface area contributed by atoms with E-state index in [1.807, 2.05) is 24.3 Å². The maximum Gasteiger partial charge on any atom is 0.217 e. The van der Waals surface area contributed by atoms with Crippen molar-refractivity contribution < 1.29 is 14.9 Å². The van der Waals surface area contributed by atoms with Crippen LogP contribution in [0.3, 0.4) is 0 Å². The molecule has 0 spiro atoms. The summed E-state index contributed by atoms with van der Waals surface area (Å²) in [7, 11) is 0. The van der Waals surface area contributed by atoms with Gasteiger partial charge in [-0.1, -0.05) is 134 Å². The van der Waals surface area contributed by atoms with Crippen molar-refractivity contribution in [3.63, 3.8) is 0 Å². The van der Waals surface area contributed by atoms with E-state index in [4.69, 9.17) is 4.74 Å². The summed E-state index contributed by atoms with van der Waals surface area (Å²) in [5, 5.41) is 22.0. The Hall–Kier alpha value is -1.16. The van der Waals surface area contributed by atoms with E-state index in [1.165, 1.54) is 77.0 Å². The summed E-state index contributed by atoms with van der Waals surface area (Å²) < 4.78 is 6.20. The van der Waals surface area contributed by atoms with Gasteiger partial charge >= 0.3 is 0 Å². The van der Waals surface area contributed by atoms with Crippen molar-refractivity contribution in [1.29, 1.82) is 0 Å². The standard InChI is InChI=1S/C31H54O3/c1-4-6-8-10-12-13-15-17-22-26-30(31(32,33)29-24-20-18-21-25-29)34-27-28(3)23-19-16-14-11-9-7-5-2/h4,18,20-21,24-25,28,30,32-33H,1,5-17,19,22-23,26-27H2,2-3H3. The van der Waals surface area contributed by atoms with Crippen LogP contribution in [-0.2, 0) is 10.5 Å². The maximum atomic E-state index is 11.0. The van der Waals surface area contributed by atoms with E-state index in [1.54, 1.807) is 12.1 Å². The summed E-state index contributed by atoms with van der Waals surface area (Å²) >= 11 is 0. The number of rotatable bonds is 23. The van der Waals surface area contributed by atoms with Crippen LogP contribution in [0.4, 0.5) is 0 Å². The van der Waals surface area contributed by atoms with Crippen LogP contribution in [0.15, 0.2) is 43.0 Å². The molecule has 2 N–H and O–H groups in total. The number of benzene rings is 1. The highest BCUT2D eigenvalue weighted by molar-refractivity contribution is 5.20. The third kappa shape index (κ3) is 14.3. The second-order valence-electron chi connectivity index (χ2n) is 10.3. The number of ether oxygens (including phenoxy) is 1. The molecule has 0 aliphatic heterocycles. The second-order valence-corrected chi connectivity index (χ2v) is 10.3. The quantitative estimate of drug-likeness (QED) is 0.0947. The van der Waals surface area contributed by atoms with Gasteiger partial charge in [0, 0.05) is 12.2 Å². The predicted molar refractivity (Wildman–Crippen MR) is 146 cm³/mol. The number of hydrogen-bond donors (Lipinski definition) is 2. The van der Waals surface area contributed by atoms with E-state index in [-0.39, 0.29) is 0 Å². The zero-order chi connectivity index (χ0) is 24.9. The van der Waals surface area contributed by atoms with Gasteiger partial charge in [-0.2, -0.15) is 0 Å². The van der Waals surface area contributed by atoms with Crippen molar-refractivity contribution in [2.24, 2.45) is 5.92 Å². The molecule has 1 aromatic carbocycles. The van der Waals surface area contributed by atoms with Crippen LogP contribution in [0, 0.1) is 5.92 Å². The van der Waals surface area contributed by atoms with Gasteiger partial charge in [0.05, 0.1) is 0 Å². The molecule has 34 heavy (non-hydrogen) atoms. The average Bonchev–Trinajstić information content (AvgIpc) is 2.84. The van der Waals surface area contributed by atoms with Gasteiger partial charge in [-0.05, 0) is 31.6 Å². The number of hydrogen-bond acceptors (Lipinski definition) is 3. The molecule has 2 atom stereocenters. The molecule has 3 nitrogen and oxygen atoms in total. The smallest absolute Gasteiger partial charge is 0.217 e. The zero-order valence-corrected chi connectivity index (χ0v) is 22.4. The highest BCUT2D eigenvalue weighted by Crippen LogP contribution is 2.29. The van der Waals surface area contributed by atoms with Crippen molar-refractivity contribution >= 4 is 0 Å². The first-order valence-corrected chi connectivity index (χ1v) is 14.2. The van der Waals surface area contributed by atoms with E-state index in [2.05, 4.69) is 20.4 Å². The fourth-order valence-electron chi connectivity index (χ4n) is 4.59. The molecule has 0 radical (unpaired) electrons. The Bertz CT molecular complexity index is 584. The molecular formula is C31H54O3. The molecule has 0 aliphatic rings. The number of unbranched alkanes of at least 4 members (excludes halogenated alkanes) is 13. The Morgan fingerprint density at radius 1 is 0.794 bits per heavy atom. The summed E-state index contributed by atoms with van der Waals surface area (Å²) in [5.74, 6) is -1.52. The summed E-state index contributed by atoms with van der Waals surface area (Å²) in [4.78, 5) is 0. The molecular weight excluding hydrogens is 420 g/mol. The first kappa shape index (κ1) is 30.9. The summed E-state index contributed by atoms with van der Waals surface area (Å²) in [6, 6.07) is 9.16. The molecule has 0 aliphatic carbocycles. The highest BCUT2D eigenvalue weighted by atomic mass is 16.6. The molecule has 1 aromatic rings. The van der Waals surface area contributed by atoms with Crippen LogP contribution < -0.4 is 0 Å². The summed E-state index contributed by atoms with van der Waals surface area (Å²) in [5.41, 5.74) is 0.516. The minimum atomic E-state index is -1.95. The normalized spacial score (nSPS) is 13.6. The molecule has 0 aromatic heterocycles. The SMILES string of the molecule is C=CCCCCCCCCCC(OCC(C)CCCCCCCCC)C(O)(O)c1ccccc1. The first-order chi connectivity index (χ1) is 16.5. The van der Waals surface area contributed by atoms with Gasteiger partial charge < -0.3 is 14.9 Å². The first-order valence-electron chi connectivity index (χ1n) is 14.2. The third-order valence-corrected chi connectivity index (χ3v) is 6.90. The van der Waals surface area contributed by atoms with E-state index >= 15 is 0 Å². The fourth-order valence-corrected chi connectivity index (χ4v) is 4.59. The minimum absolute atomic E-state index is 0.431. The van der Waals surface area contributed by atoms with Crippen molar-refractivity contribution in [2.45, 2.75) is 135 Å². The minimum Gasteiger partial charge on any atom is -0.372 e. The van der Waals surface area contributed by atoms with Crippen LogP contribution in [0.5, 0.6) is 0 Å². The molecule has 0 saturated carbocycles. The third-order valence-electron chi connectivity index (χ3n) is 6.90. The Kier molecular flexibility index (Phi) is 18.2. The highest BCUT2D eigenvalue weighted by Gasteiger charge is 2.37. The molecule has 0 bridgehead atoms. The van der Waals surface area contributed by atoms with E-state index in [9.17, 15) is 10.2 Å². The van der Waals surface area contributed by atoms with Crippen LogP contribution in [0.25, 0.3) is 0 Å². The molecule has 0 saturated heterocycles. The average molecular weight is 475 g/mol. The monoisotopic (exact) mass is 474 g/mol. The Morgan fingerprint density at radius 3 is 1.91 bits per heavy atom. The summed E-state index contributed by atoms with van der Waals surface area (Å²) in [6.45, 7) is 8.84. The lowest BCUT2D eigenvalue weighted by Gasteiger charge is -2.32. The number of aliphatic hydroxyl groups is 2. The lowest BCUT2D eigenvalue weighted by molar-refractivity contribution is -0.252. The Morgan fingerprint density at radius 2 is 1.32 bits per heavy atom. The Labute approximate surface area is 211 Å². The summed E-state index contributed by atoms with van der Waals surface area (Å²) in [6.07, 6.45) is 21.9.